The third-order valence-electron chi connectivity index (χ3n) is 3.00. The highest BCUT2D eigenvalue weighted by Crippen LogP contribution is 2.39. The van der Waals surface area contributed by atoms with E-state index in [0.717, 1.165) is 12.5 Å². The van der Waals surface area contributed by atoms with Gasteiger partial charge in [-0.25, -0.2) is 0 Å². The molecule has 1 saturated carbocycles. The Morgan fingerprint density at radius 3 is 2.29 bits per heavy atom. The van der Waals surface area contributed by atoms with Crippen LogP contribution in [0.3, 0.4) is 0 Å². The number of allylic oxidation sites excluding steroid dienone is 1. The molecule has 0 aromatic rings. The van der Waals surface area contributed by atoms with Gasteiger partial charge in [-0.15, -0.1) is 13.2 Å². The van der Waals surface area contributed by atoms with E-state index >= 15 is 0 Å². The van der Waals surface area contributed by atoms with Crippen LogP contribution in [0.5, 0.6) is 0 Å². The first kappa shape index (κ1) is 9.94. The van der Waals surface area contributed by atoms with Gasteiger partial charge in [0.25, 0.3) is 0 Å². The SMILES string of the molecule is C=CC1CCC2OC2C1.C=CC1CO1. The van der Waals surface area contributed by atoms with Crippen LogP contribution in [0.25, 0.3) is 0 Å². The van der Waals surface area contributed by atoms with Crippen LogP contribution >= 0.6 is 0 Å². The summed E-state index contributed by atoms with van der Waals surface area (Å²) in [7, 11) is 0. The van der Waals surface area contributed by atoms with Crippen molar-refractivity contribution < 1.29 is 9.47 Å². The Morgan fingerprint density at radius 2 is 1.86 bits per heavy atom. The Kier molecular flexibility index (Phi) is 3.04. The average Bonchev–Trinajstić information content (AvgIpc) is 3.10. The number of epoxide rings is 2. The summed E-state index contributed by atoms with van der Waals surface area (Å²) in [4.78, 5) is 0. The highest BCUT2D eigenvalue weighted by Gasteiger charge is 2.42. The summed E-state index contributed by atoms with van der Waals surface area (Å²) in [6, 6.07) is 0. The third-order valence-corrected chi connectivity index (χ3v) is 3.00. The summed E-state index contributed by atoms with van der Waals surface area (Å²) in [5.74, 6) is 0.744. The Morgan fingerprint density at radius 1 is 1.07 bits per heavy atom. The maximum absolute atomic E-state index is 5.36. The van der Waals surface area contributed by atoms with E-state index in [1.807, 2.05) is 0 Å². The Labute approximate surface area is 85.6 Å². The Hall–Kier alpha value is -0.600. The van der Waals surface area contributed by atoms with Gasteiger partial charge < -0.3 is 9.47 Å². The van der Waals surface area contributed by atoms with Crippen LogP contribution in [0.2, 0.25) is 0 Å². The van der Waals surface area contributed by atoms with Gasteiger partial charge >= 0.3 is 0 Å². The molecule has 0 bridgehead atoms. The van der Waals surface area contributed by atoms with Gasteiger partial charge in [0.15, 0.2) is 0 Å². The molecule has 0 N–H and O–H groups in total. The Balaban J connectivity index is 0.000000128. The van der Waals surface area contributed by atoms with Gasteiger partial charge in [0.2, 0.25) is 0 Å². The van der Waals surface area contributed by atoms with Crippen LogP contribution in [0.4, 0.5) is 0 Å². The minimum Gasteiger partial charge on any atom is -0.370 e. The lowest BCUT2D eigenvalue weighted by molar-refractivity contribution is 0.370. The fourth-order valence-corrected chi connectivity index (χ4v) is 1.84. The molecule has 1 aliphatic carbocycles. The van der Waals surface area contributed by atoms with Gasteiger partial charge in [-0.1, -0.05) is 12.2 Å². The molecule has 0 aromatic carbocycles. The second-order valence-corrected chi connectivity index (χ2v) is 4.13. The number of hydrogen-bond acceptors (Lipinski definition) is 2. The molecule has 2 saturated heterocycles. The predicted molar refractivity (Wildman–Crippen MR) is 56.1 cm³/mol. The highest BCUT2D eigenvalue weighted by atomic mass is 16.6. The summed E-state index contributed by atoms with van der Waals surface area (Å²) >= 11 is 0. The van der Waals surface area contributed by atoms with Crippen LogP contribution in [0.1, 0.15) is 19.3 Å². The van der Waals surface area contributed by atoms with Crippen molar-refractivity contribution in [2.45, 2.75) is 37.6 Å². The quantitative estimate of drug-likeness (QED) is 0.498. The normalized spacial score (nSPS) is 42.6. The summed E-state index contributed by atoms with van der Waals surface area (Å²) in [6.45, 7) is 8.17. The third kappa shape index (κ3) is 2.69. The molecule has 3 fully saturated rings. The molecule has 2 nitrogen and oxygen atoms in total. The first-order valence-corrected chi connectivity index (χ1v) is 5.35. The van der Waals surface area contributed by atoms with Crippen LogP contribution in [-0.4, -0.2) is 24.9 Å². The van der Waals surface area contributed by atoms with Gasteiger partial charge in [-0.3, -0.25) is 0 Å². The largest absolute Gasteiger partial charge is 0.370 e. The molecule has 3 aliphatic rings. The molecule has 0 amide bonds. The summed E-state index contributed by atoms with van der Waals surface area (Å²) < 4.78 is 10.1. The maximum atomic E-state index is 5.36. The minimum atomic E-state index is 0.398. The Bertz CT molecular complexity index is 220. The molecule has 2 heterocycles. The number of ether oxygens (including phenoxy) is 2. The molecular formula is C12H18O2. The number of rotatable bonds is 2. The zero-order valence-corrected chi connectivity index (χ0v) is 8.52. The van der Waals surface area contributed by atoms with Crippen molar-refractivity contribution in [2.24, 2.45) is 5.92 Å². The van der Waals surface area contributed by atoms with Crippen LogP contribution in [0, 0.1) is 5.92 Å². The van der Waals surface area contributed by atoms with E-state index in [4.69, 9.17) is 9.47 Å². The van der Waals surface area contributed by atoms with Crippen molar-refractivity contribution in [3.63, 3.8) is 0 Å². The smallest absolute Gasteiger partial charge is 0.0988 e. The standard InChI is InChI=1S/C8H12O.C4H6O/c1-2-6-3-4-7-8(5-6)9-7;1-2-4-3-5-4/h2,6-8H,1,3-5H2;2,4H,1,3H2. The van der Waals surface area contributed by atoms with Crippen LogP contribution < -0.4 is 0 Å². The van der Waals surface area contributed by atoms with Gasteiger partial charge in [0.05, 0.1) is 24.9 Å². The van der Waals surface area contributed by atoms with Crippen molar-refractivity contribution in [1.29, 1.82) is 0 Å². The van der Waals surface area contributed by atoms with Crippen molar-refractivity contribution in [3.05, 3.63) is 25.3 Å². The number of hydrogen-bond donors (Lipinski definition) is 0. The summed E-state index contributed by atoms with van der Waals surface area (Å²) in [5.41, 5.74) is 0. The van der Waals surface area contributed by atoms with E-state index in [-0.39, 0.29) is 0 Å². The average molecular weight is 194 g/mol. The predicted octanol–water partition coefficient (Wildman–Crippen LogP) is 2.31. The van der Waals surface area contributed by atoms with Crippen molar-refractivity contribution >= 4 is 0 Å². The van der Waals surface area contributed by atoms with E-state index in [1.54, 1.807) is 6.08 Å². The molecule has 2 aliphatic heterocycles. The molecular weight excluding hydrogens is 176 g/mol. The monoisotopic (exact) mass is 194 g/mol. The van der Waals surface area contributed by atoms with E-state index in [1.165, 1.54) is 19.3 Å². The molecule has 4 atom stereocenters. The lowest BCUT2D eigenvalue weighted by Gasteiger charge is -2.12. The summed E-state index contributed by atoms with van der Waals surface area (Å²) in [5, 5.41) is 0. The molecule has 0 aromatic heterocycles. The van der Waals surface area contributed by atoms with Crippen molar-refractivity contribution in [2.75, 3.05) is 6.61 Å². The van der Waals surface area contributed by atoms with Crippen molar-refractivity contribution in [3.8, 4) is 0 Å². The first-order chi connectivity index (χ1) is 6.83. The van der Waals surface area contributed by atoms with Crippen LogP contribution in [0.15, 0.2) is 25.3 Å². The van der Waals surface area contributed by atoms with E-state index in [2.05, 4.69) is 19.2 Å². The fourth-order valence-electron chi connectivity index (χ4n) is 1.84. The topological polar surface area (TPSA) is 25.1 Å². The molecule has 3 rings (SSSR count). The zero-order valence-electron chi connectivity index (χ0n) is 8.52. The summed E-state index contributed by atoms with van der Waals surface area (Å²) in [6.07, 6.45) is 9.32. The zero-order chi connectivity index (χ0) is 9.97. The second-order valence-electron chi connectivity index (χ2n) is 4.13. The molecule has 2 heteroatoms. The lowest BCUT2D eigenvalue weighted by atomic mass is 9.90. The minimum absolute atomic E-state index is 0.398. The molecule has 14 heavy (non-hydrogen) atoms. The highest BCUT2D eigenvalue weighted by molar-refractivity contribution is 4.96. The van der Waals surface area contributed by atoms with Crippen molar-refractivity contribution in [1.82, 2.24) is 0 Å². The number of fused-ring (bicyclic) bond motifs is 1. The first-order valence-electron chi connectivity index (χ1n) is 5.35. The molecule has 78 valence electrons. The second kappa shape index (κ2) is 4.28. The van der Waals surface area contributed by atoms with E-state index in [9.17, 15) is 0 Å². The lowest BCUT2D eigenvalue weighted by Crippen LogP contribution is -2.10. The molecule has 0 radical (unpaired) electrons. The van der Waals surface area contributed by atoms with E-state index in [0.29, 0.717) is 18.3 Å². The maximum Gasteiger partial charge on any atom is 0.0988 e. The van der Waals surface area contributed by atoms with Gasteiger partial charge in [-0.05, 0) is 25.2 Å². The van der Waals surface area contributed by atoms with Gasteiger partial charge in [0.1, 0.15) is 0 Å². The molecule has 4 unspecified atom stereocenters. The van der Waals surface area contributed by atoms with Gasteiger partial charge in [0, 0.05) is 0 Å². The van der Waals surface area contributed by atoms with E-state index < -0.39 is 0 Å². The fraction of sp³-hybridized carbons (Fsp3) is 0.667. The van der Waals surface area contributed by atoms with Gasteiger partial charge in [-0.2, -0.15) is 0 Å². The molecule has 0 spiro atoms. The van der Waals surface area contributed by atoms with Crippen LogP contribution in [-0.2, 0) is 9.47 Å².